The van der Waals surface area contributed by atoms with Crippen LogP contribution in [-0.2, 0) is 18.4 Å². The van der Waals surface area contributed by atoms with Gasteiger partial charge in [0.1, 0.15) is 11.0 Å². The van der Waals surface area contributed by atoms with Gasteiger partial charge in [-0.3, -0.25) is 14.6 Å². The lowest BCUT2D eigenvalue weighted by atomic mass is 9.96. The lowest BCUT2D eigenvalue weighted by molar-refractivity contribution is -0.127. The highest BCUT2D eigenvalue weighted by Crippen LogP contribution is 2.27. The van der Waals surface area contributed by atoms with Gasteiger partial charge in [-0.05, 0) is 44.5 Å². The Hall–Kier alpha value is -1.93. The molecule has 1 aliphatic rings. The predicted molar refractivity (Wildman–Crippen MR) is 113 cm³/mol. The van der Waals surface area contributed by atoms with Crippen molar-refractivity contribution in [3.05, 3.63) is 33.1 Å². The zero-order valence-corrected chi connectivity index (χ0v) is 18.2. The minimum Gasteiger partial charge on any atom is -0.339 e. The van der Waals surface area contributed by atoms with E-state index in [4.69, 9.17) is 23.8 Å². The van der Waals surface area contributed by atoms with E-state index in [0.717, 1.165) is 49.3 Å². The third-order valence-electron chi connectivity index (χ3n) is 5.31. The summed E-state index contributed by atoms with van der Waals surface area (Å²) in [5.41, 5.74) is 1.66. The molecule has 2 aromatic rings. The topological polar surface area (TPSA) is 71.7 Å². The zero-order valence-electron chi connectivity index (χ0n) is 16.6. The Morgan fingerprint density at radius 1 is 1.39 bits per heavy atom. The number of carbonyl (C=O) groups excluding carboxylic acids is 1. The van der Waals surface area contributed by atoms with Gasteiger partial charge in [-0.15, -0.1) is 0 Å². The Kier molecular flexibility index (Phi) is 6.72. The number of nitrogens with zero attached hydrogens (tertiary/aromatic N) is 5. The van der Waals surface area contributed by atoms with E-state index < -0.39 is 0 Å². The number of hydrogen-bond donors (Lipinski definition) is 1. The van der Waals surface area contributed by atoms with E-state index in [-0.39, 0.29) is 5.91 Å². The number of nitrogens with one attached hydrogen (secondary N) is 1. The summed E-state index contributed by atoms with van der Waals surface area (Å²) >= 11 is 11.6. The maximum absolute atomic E-state index is 12.6. The van der Waals surface area contributed by atoms with Crippen molar-refractivity contribution in [1.29, 1.82) is 0 Å². The molecule has 0 saturated carbocycles. The number of halogens is 1. The molecule has 3 heterocycles. The van der Waals surface area contributed by atoms with Crippen LogP contribution in [0.15, 0.2) is 6.08 Å². The molecule has 0 atom stereocenters. The minimum atomic E-state index is 0.00517. The van der Waals surface area contributed by atoms with Crippen LogP contribution in [-0.4, -0.2) is 48.4 Å². The number of amides is 1. The second kappa shape index (κ2) is 9.05. The maximum Gasteiger partial charge on any atom is 0.246 e. The summed E-state index contributed by atoms with van der Waals surface area (Å²) in [4.78, 5) is 14.5. The highest BCUT2D eigenvalue weighted by molar-refractivity contribution is 7.71. The van der Waals surface area contributed by atoms with Gasteiger partial charge in [0, 0.05) is 44.2 Å². The third kappa shape index (κ3) is 4.38. The Labute approximate surface area is 175 Å². The van der Waals surface area contributed by atoms with Crippen molar-refractivity contribution in [3.8, 4) is 0 Å². The molecular weight excluding hydrogens is 396 g/mol. The standard InChI is InChI=1S/C19H27ClN6OS/c1-4-5-10-26-17(20)15(13(2)23-26)6-7-16(27)25-11-8-14(9-12-25)18-21-22-19(28)24(18)3/h6-7,14H,4-5,8-12H2,1-3H3,(H,22,28). The number of piperidine rings is 1. The van der Waals surface area contributed by atoms with Crippen LogP contribution in [0.5, 0.6) is 0 Å². The van der Waals surface area contributed by atoms with Crippen LogP contribution in [0.1, 0.15) is 55.6 Å². The molecule has 1 N–H and O–H groups in total. The molecule has 7 nitrogen and oxygen atoms in total. The fourth-order valence-corrected chi connectivity index (χ4v) is 4.02. The van der Waals surface area contributed by atoms with Gasteiger partial charge in [0.05, 0.1) is 5.69 Å². The first-order valence-corrected chi connectivity index (χ1v) is 10.5. The molecule has 0 unspecified atom stereocenters. The molecule has 1 saturated heterocycles. The van der Waals surface area contributed by atoms with Crippen LogP contribution < -0.4 is 0 Å². The number of hydrogen-bond acceptors (Lipinski definition) is 4. The van der Waals surface area contributed by atoms with Gasteiger partial charge < -0.3 is 9.47 Å². The Balaban J connectivity index is 1.61. The molecule has 0 radical (unpaired) electrons. The van der Waals surface area contributed by atoms with Gasteiger partial charge in [-0.2, -0.15) is 10.2 Å². The molecule has 28 heavy (non-hydrogen) atoms. The molecule has 0 aliphatic carbocycles. The largest absolute Gasteiger partial charge is 0.339 e. The maximum atomic E-state index is 12.6. The summed E-state index contributed by atoms with van der Waals surface area (Å²) in [7, 11) is 1.92. The molecule has 9 heteroatoms. The second-order valence-electron chi connectivity index (χ2n) is 7.25. The summed E-state index contributed by atoms with van der Waals surface area (Å²) < 4.78 is 4.36. The molecule has 0 spiro atoms. The number of carbonyl (C=O) groups is 1. The summed E-state index contributed by atoms with van der Waals surface area (Å²) in [6, 6.07) is 0. The van der Waals surface area contributed by atoms with Crippen molar-refractivity contribution in [2.24, 2.45) is 7.05 Å². The molecule has 0 aromatic carbocycles. The van der Waals surface area contributed by atoms with Crippen LogP contribution in [0.4, 0.5) is 0 Å². The first-order chi connectivity index (χ1) is 13.4. The predicted octanol–water partition coefficient (Wildman–Crippen LogP) is 3.86. The summed E-state index contributed by atoms with van der Waals surface area (Å²) in [5, 5.41) is 12.2. The van der Waals surface area contributed by atoms with E-state index in [1.807, 2.05) is 28.1 Å². The van der Waals surface area contributed by atoms with Crippen LogP contribution in [0.25, 0.3) is 6.08 Å². The highest BCUT2D eigenvalue weighted by Gasteiger charge is 2.25. The molecule has 1 amide bonds. The summed E-state index contributed by atoms with van der Waals surface area (Å²) in [5.74, 6) is 1.29. The molecule has 0 bridgehead atoms. The van der Waals surface area contributed by atoms with E-state index in [0.29, 0.717) is 28.9 Å². The average Bonchev–Trinajstić information content (AvgIpc) is 3.17. The number of aromatic amines is 1. The summed E-state index contributed by atoms with van der Waals surface area (Å²) in [6.45, 7) is 6.25. The first-order valence-electron chi connectivity index (χ1n) is 9.73. The number of H-pyrrole nitrogens is 1. The minimum absolute atomic E-state index is 0.00517. The Morgan fingerprint density at radius 3 is 2.71 bits per heavy atom. The van der Waals surface area contributed by atoms with Crippen LogP contribution in [0.2, 0.25) is 5.15 Å². The van der Waals surface area contributed by atoms with Crippen molar-refractivity contribution in [3.63, 3.8) is 0 Å². The van der Waals surface area contributed by atoms with Gasteiger partial charge in [0.25, 0.3) is 0 Å². The Bertz CT molecular complexity index is 919. The monoisotopic (exact) mass is 422 g/mol. The fourth-order valence-electron chi connectivity index (χ4n) is 3.55. The quantitative estimate of drug-likeness (QED) is 0.566. The number of aryl methyl sites for hydroxylation is 2. The molecule has 3 rings (SSSR count). The third-order valence-corrected chi connectivity index (χ3v) is 6.08. The van der Waals surface area contributed by atoms with E-state index in [1.165, 1.54) is 0 Å². The molecule has 1 aliphatic heterocycles. The Morgan fingerprint density at radius 2 is 2.11 bits per heavy atom. The highest BCUT2D eigenvalue weighted by atomic mass is 35.5. The van der Waals surface area contributed by atoms with Gasteiger partial charge in [0.2, 0.25) is 5.91 Å². The number of aromatic nitrogens is 5. The van der Waals surface area contributed by atoms with E-state index >= 15 is 0 Å². The summed E-state index contributed by atoms with van der Waals surface area (Å²) in [6.07, 6.45) is 7.26. The molecule has 1 fully saturated rings. The average molecular weight is 423 g/mol. The SMILES string of the molecule is CCCCn1nc(C)c(C=CC(=O)N2CCC(c3n[nH]c(=S)n3C)CC2)c1Cl. The molecule has 152 valence electrons. The number of rotatable bonds is 6. The van der Waals surface area contributed by atoms with E-state index in [2.05, 4.69) is 22.2 Å². The van der Waals surface area contributed by atoms with E-state index in [9.17, 15) is 4.79 Å². The first kappa shape index (κ1) is 20.8. The van der Waals surface area contributed by atoms with Crippen molar-refractivity contribution >= 4 is 35.8 Å². The van der Waals surface area contributed by atoms with Crippen molar-refractivity contribution in [1.82, 2.24) is 29.4 Å². The van der Waals surface area contributed by atoms with Crippen molar-refractivity contribution in [2.45, 2.75) is 52.0 Å². The zero-order chi connectivity index (χ0) is 20.3. The van der Waals surface area contributed by atoms with Crippen LogP contribution in [0, 0.1) is 11.7 Å². The lowest BCUT2D eigenvalue weighted by Crippen LogP contribution is -2.37. The number of likely N-dealkylation sites (tertiary alicyclic amines) is 1. The van der Waals surface area contributed by atoms with Crippen LogP contribution in [0.3, 0.4) is 0 Å². The van der Waals surface area contributed by atoms with Gasteiger partial charge in [-0.25, -0.2) is 0 Å². The second-order valence-corrected chi connectivity index (χ2v) is 7.99. The normalized spacial score (nSPS) is 15.6. The molecule has 2 aromatic heterocycles. The van der Waals surface area contributed by atoms with Crippen molar-refractivity contribution < 1.29 is 4.79 Å². The van der Waals surface area contributed by atoms with Crippen molar-refractivity contribution in [2.75, 3.05) is 13.1 Å². The van der Waals surface area contributed by atoms with Gasteiger partial charge in [0.15, 0.2) is 4.77 Å². The fraction of sp³-hybridized carbons (Fsp3) is 0.579. The smallest absolute Gasteiger partial charge is 0.246 e. The van der Waals surface area contributed by atoms with Gasteiger partial charge in [-0.1, -0.05) is 24.9 Å². The molecular formula is C19H27ClN6OS. The van der Waals surface area contributed by atoms with Crippen LogP contribution >= 0.6 is 23.8 Å². The number of unbranched alkanes of at least 4 members (excludes halogenated alkanes) is 1. The van der Waals surface area contributed by atoms with E-state index in [1.54, 1.807) is 12.2 Å². The lowest BCUT2D eigenvalue weighted by Gasteiger charge is -2.30. The van der Waals surface area contributed by atoms with Gasteiger partial charge >= 0.3 is 0 Å².